The van der Waals surface area contributed by atoms with E-state index < -0.39 is 0 Å². The van der Waals surface area contributed by atoms with Crippen LogP contribution in [-0.4, -0.2) is 48.8 Å². The minimum atomic E-state index is 0.339. The van der Waals surface area contributed by atoms with E-state index in [4.69, 9.17) is 14.6 Å². The van der Waals surface area contributed by atoms with Gasteiger partial charge in [0.15, 0.2) is 0 Å². The summed E-state index contributed by atoms with van der Waals surface area (Å²) >= 11 is 1.72. The summed E-state index contributed by atoms with van der Waals surface area (Å²) in [4.78, 5) is 2.54. The molecule has 5 nitrogen and oxygen atoms in total. The maximum atomic E-state index is 5.80. The summed E-state index contributed by atoms with van der Waals surface area (Å²) in [5.41, 5.74) is 6.98. The first-order valence-electron chi connectivity index (χ1n) is 11.2. The number of rotatable bonds is 8. The fourth-order valence-corrected chi connectivity index (χ4v) is 5.21. The third-order valence-electron chi connectivity index (χ3n) is 6.42. The van der Waals surface area contributed by atoms with E-state index in [1.165, 1.54) is 29.7 Å². The number of benzene rings is 1. The topological polar surface area (TPSA) is 39.0 Å². The molecule has 2 fully saturated rings. The molecule has 1 saturated carbocycles. The van der Waals surface area contributed by atoms with Crippen molar-refractivity contribution < 1.29 is 9.47 Å². The first-order valence-corrected chi connectivity index (χ1v) is 12.4. The molecule has 0 amide bonds. The average Bonchev–Trinajstić information content (AvgIpc) is 3.46. The van der Waals surface area contributed by atoms with Gasteiger partial charge >= 0.3 is 0 Å². The van der Waals surface area contributed by atoms with E-state index in [9.17, 15) is 0 Å². The van der Waals surface area contributed by atoms with Crippen LogP contribution in [0.1, 0.15) is 30.4 Å². The maximum absolute atomic E-state index is 5.80. The molecule has 2 aromatic heterocycles. The van der Waals surface area contributed by atoms with Gasteiger partial charge in [-0.1, -0.05) is 12.1 Å². The molecule has 1 atom stereocenters. The minimum Gasteiger partial charge on any atom is -0.496 e. The van der Waals surface area contributed by atoms with E-state index in [0.29, 0.717) is 6.10 Å². The molecule has 5 rings (SSSR count). The minimum absolute atomic E-state index is 0.339. The number of aromatic nitrogens is 2. The maximum Gasteiger partial charge on any atom is 0.142 e. The van der Waals surface area contributed by atoms with Gasteiger partial charge in [0, 0.05) is 25.3 Å². The van der Waals surface area contributed by atoms with Gasteiger partial charge in [-0.2, -0.15) is 5.10 Å². The van der Waals surface area contributed by atoms with Crippen molar-refractivity contribution in [3.8, 4) is 17.0 Å². The molecule has 6 heteroatoms. The third kappa shape index (κ3) is 3.92. The Balaban J connectivity index is 1.66. The summed E-state index contributed by atoms with van der Waals surface area (Å²) in [5, 5.41) is 6.17. The van der Waals surface area contributed by atoms with Crippen LogP contribution in [0.25, 0.3) is 16.8 Å². The van der Waals surface area contributed by atoms with E-state index in [1.54, 1.807) is 18.9 Å². The van der Waals surface area contributed by atoms with Gasteiger partial charge in [0.1, 0.15) is 10.8 Å². The van der Waals surface area contributed by atoms with E-state index in [2.05, 4.69) is 59.9 Å². The van der Waals surface area contributed by atoms with Crippen molar-refractivity contribution in [3.63, 3.8) is 0 Å². The molecule has 1 saturated heterocycles. The van der Waals surface area contributed by atoms with Crippen LogP contribution < -0.4 is 9.64 Å². The highest BCUT2D eigenvalue weighted by molar-refractivity contribution is 7.98. The molecule has 1 aliphatic heterocycles. The third-order valence-corrected chi connectivity index (χ3v) is 7.08. The van der Waals surface area contributed by atoms with Crippen molar-refractivity contribution in [2.24, 2.45) is 5.92 Å². The first kappa shape index (κ1) is 20.7. The summed E-state index contributed by atoms with van der Waals surface area (Å²) in [6.45, 7) is 7.18. The standard InChI is InChI=1S/C25H31N3O2S/c1-16-12-17(2)23(22(13-16)29-3)20-6-5-7-21-24(25(31-4)26-28(20)21)27(14-18-8-9-18)15-19-10-11-30-19/h5-7,12-13,18-19H,8-11,14-15H2,1-4H3. The van der Waals surface area contributed by atoms with Crippen LogP contribution in [0.4, 0.5) is 5.69 Å². The van der Waals surface area contributed by atoms with Crippen LogP contribution in [0.15, 0.2) is 35.4 Å². The zero-order chi connectivity index (χ0) is 21.5. The Morgan fingerprint density at radius 1 is 1.19 bits per heavy atom. The molecule has 31 heavy (non-hydrogen) atoms. The predicted octanol–water partition coefficient (Wildman–Crippen LogP) is 5.35. The number of methoxy groups -OCH3 is 1. The molecule has 2 aliphatic rings. The quantitative estimate of drug-likeness (QED) is 0.444. The lowest BCUT2D eigenvalue weighted by atomic mass is 10.0. The molecule has 0 bridgehead atoms. The number of nitrogens with zero attached hydrogens (tertiary/aromatic N) is 3. The van der Waals surface area contributed by atoms with Gasteiger partial charge in [-0.15, -0.1) is 11.8 Å². The second-order valence-corrected chi connectivity index (χ2v) is 9.65. The second-order valence-electron chi connectivity index (χ2n) is 8.85. The molecule has 3 heterocycles. The van der Waals surface area contributed by atoms with Crippen molar-refractivity contribution in [1.82, 2.24) is 9.61 Å². The zero-order valence-corrected chi connectivity index (χ0v) is 19.7. The first-order chi connectivity index (χ1) is 15.1. The number of thioether (sulfide) groups is 1. The van der Waals surface area contributed by atoms with E-state index in [0.717, 1.165) is 59.6 Å². The Hall–Kier alpha value is -2.18. The van der Waals surface area contributed by atoms with Crippen LogP contribution in [0, 0.1) is 19.8 Å². The summed E-state index contributed by atoms with van der Waals surface area (Å²) in [6.07, 6.45) is 6.28. The predicted molar refractivity (Wildman–Crippen MR) is 128 cm³/mol. The lowest BCUT2D eigenvalue weighted by Crippen LogP contribution is -2.41. The Morgan fingerprint density at radius 2 is 2.00 bits per heavy atom. The van der Waals surface area contributed by atoms with Gasteiger partial charge in [0.25, 0.3) is 0 Å². The number of pyridine rings is 1. The largest absolute Gasteiger partial charge is 0.496 e. The fraction of sp³-hybridized carbons (Fsp3) is 0.480. The molecule has 1 aliphatic carbocycles. The second kappa shape index (κ2) is 8.40. The summed E-state index contributed by atoms with van der Waals surface area (Å²) < 4.78 is 13.7. The van der Waals surface area contributed by atoms with Crippen LogP contribution in [-0.2, 0) is 4.74 Å². The van der Waals surface area contributed by atoms with Crippen molar-refractivity contribution in [3.05, 3.63) is 41.5 Å². The van der Waals surface area contributed by atoms with Gasteiger partial charge in [-0.25, -0.2) is 4.52 Å². The smallest absolute Gasteiger partial charge is 0.142 e. The van der Waals surface area contributed by atoms with Crippen LogP contribution in [0.5, 0.6) is 5.75 Å². The number of hydrogen-bond donors (Lipinski definition) is 0. The van der Waals surface area contributed by atoms with E-state index >= 15 is 0 Å². The number of ether oxygens (including phenoxy) is 2. The van der Waals surface area contributed by atoms with Crippen molar-refractivity contribution >= 4 is 23.0 Å². The number of anilines is 1. The highest BCUT2D eigenvalue weighted by atomic mass is 32.2. The number of fused-ring (bicyclic) bond motifs is 1. The highest BCUT2D eigenvalue weighted by Crippen LogP contribution is 2.41. The molecule has 0 radical (unpaired) electrons. The van der Waals surface area contributed by atoms with Gasteiger partial charge < -0.3 is 14.4 Å². The zero-order valence-electron chi connectivity index (χ0n) is 18.9. The molecular formula is C25H31N3O2S. The molecule has 3 aromatic rings. The van der Waals surface area contributed by atoms with Gasteiger partial charge in [-0.3, -0.25) is 0 Å². The summed E-state index contributed by atoms with van der Waals surface area (Å²) in [5.74, 6) is 1.69. The van der Waals surface area contributed by atoms with Crippen molar-refractivity contribution in [2.45, 2.75) is 44.2 Å². The Labute approximate surface area is 188 Å². The molecule has 0 N–H and O–H groups in total. The van der Waals surface area contributed by atoms with Gasteiger partial charge in [0.2, 0.25) is 0 Å². The molecule has 164 valence electrons. The Bertz CT molecular complexity index is 1100. The van der Waals surface area contributed by atoms with Crippen molar-refractivity contribution in [2.75, 3.05) is 38.0 Å². The lowest BCUT2D eigenvalue weighted by Gasteiger charge is -2.34. The summed E-state index contributed by atoms with van der Waals surface area (Å²) in [6, 6.07) is 10.8. The van der Waals surface area contributed by atoms with Crippen LogP contribution in [0.3, 0.4) is 0 Å². The van der Waals surface area contributed by atoms with Crippen LogP contribution in [0.2, 0.25) is 0 Å². The molecular weight excluding hydrogens is 406 g/mol. The van der Waals surface area contributed by atoms with Gasteiger partial charge in [-0.05, 0) is 74.6 Å². The van der Waals surface area contributed by atoms with Crippen molar-refractivity contribution in [1.29, 1.82) is 0 Å². The normalized spacial score (nSPS) is 18.3. The highest BCUT2D eigenvalue weighted by Gasteiger charge is 2.31. The van der Waals surface area contributed by atoms with E-state index in [-0.39, 0.29) is 0 Å². The molecule has 1 aromatic carbocycles. The summed E-state index contributed by atoms with van der Waals surface area (Å²) in [7, 11) is 1.75. The average molecular weight is 438 g/mol. The van der Waals surface area contributed by atoms with Crippen LogP contribution >= 0.6 is 11.8 Å². The monoisotopic (exact) mass is 437 g/mol. The Kier molecular flexibility index (Phi) is 5.61. The van der Waals surface area contributed by atoms with E-state index in [1.807, 2.05) is 0 Å². The Morgan fingerprint density at radius 3 is 2.65 bits per heavy atom. The number of hydrogen-bond acceptors (Lipinski definition) is 5. The molecule has 0 spiro atoms. The SMILES string of the molecule is COc1cc(C)cc(C)c1-c1cccc2c(N(CC3CC3)CC3CCO3)c(SC)nn12. The molecule has 1 unspecified atom stereocenters. The van der Waals surface area contributed by atoms with Gasteiger partial charge in [0.05, 0.1) is 30.1 Å². The lowest BCUT2D eigenvalue weighted by molar-refractivity contribution is -0.0446. The number of aryl methyl sites for hydroxylation is 2. The fourth-order valence-electron chi connectivity index (χ4n) is 4.62.